The molecule has 1 atom stereocenters. The molecule has 0 radical (unpaired) electrons. The zero-order chi connectivity index (χ0) is 18.3. The van der Waals surface area contributed by atoms with Gasteiger partial charge in [-0.05, 0) is 57.9 Å². The fourth-order valence-corrected chi connectivity index (χ4v) is 2.17. The number of benzene rings is 1. The van der Waals surface area contributed by atoms with Gasteiger partial charge in [0.05, 0.1) is 13.7 Å². The standard InChI is InChI=1S/C19H33N3O3/c1-5-20-19(21-13-7-8-14-24-6-2)22-15-16(3)25-18-11-9-17(23-4)10-12-18/h9-12,16H,5-8,13-15H2,1-4H3,(H2,20,21,22). The van der Waals surface area contributed by atoms with Crippen molar-refractivity contribution >= 4 is 5.96 Å². The number of rotatable bonds is 12. The van der Waals surface area contributed by atoms with Gasteiger partial charge in [0, 0.05) is 26.3 Å². The minimum atomic E-state index is -0.0122. The molecule has 2 N–H and O–H groups in total. The van der Waals surface area contributed by atoms with E-state index in [0.717, 1.165) is 56.6 Å². The van der Waals surface area contributed by atoms with Gasteiger partial charge in [0.1, 0.15) is 17.6 Å². The summed E-state index contributed by atoms with van der Waals surface area (Å²) in [6.07, 6.45) is 2.10. The van der Waals surface area contributed by atoms with Crippen LogP contribution in [0.1, 0.15) is 33.6 Å². The summed E-state index contributed by atoms with van der Waals surface area (Å²) in [6.45, 7) is 9.99. The highest BCUT2D eigenvalue weighted by atomic mass is 16.5. The molecule has 6 nitrogen and oxygen atoms in total. The van der Waals surface area contributed by atoms with Crippen molar-refractivity contribution in [2.75, 3.05) is 40.0 Å². The number of hydrogen-bond acceptors (Lipinski definition) is 4. The van der Waals surface area contributed by atoms with Crippen LogP contribution in [0.2, 0.25) is 0 Å². The molecule has 0 aliphatic rings. The van der Waals surface area contributed by atoms with Gasteiger partial charge in [-0.1, -0.05) is 0 Å². The van der Waals surface area contributed by atoms with Crippen LogP contribution in [0.3, 0.4) is 0 Å². The summed E-state index contributed by atoms with van der Waals surface area (Å²) in [7, 11) is 1.65. The molecule has 0 amide bonds. The van der Waals surface area contributed by atoms with E-state index in [2.05, 4.69) is 22.5 Å². The second-order valence-corrected chi connectivity index (χ2v) is 5.65. The molecule has 25 heavy (non-hydrogen) atoms. The number of nitrogens with zero attached hydrogens (tertiary/aromatic N) is 1. The Morgan fingerprint density at radius 2 is 1.80 bits per heavy atom. The molecule has 0 aromatic heterocycles. The van der Waals surface area contributed by atoms with E-state index < -0.39 is 0 Å². The number of aliphatic imine (C=N–C) groups is 1. The van der Waals surface area contributed by atoms with Crippen molar-refractivity contribution in [3.05, 3.63) is 24.3 Å². The summed E-state index contributed by atoms with van der Waals surface area (Å²) in [5, 5.41) is 6.60. The van der Waals surface area contributed by atoms with Crippen molar-refractivity contribution in [3.8, 4) is 11.5 Å². The van der Waals surface area contributed by atoms with E-state index in [1.54, 1.807) is 7.11 Å². The van der Waals surface area contributed by atoms with Crippen LogP contribution in [-0.4, -0.2) is 52.0 Å². The Bertz CT molecular complexity index is 477. The normalized spacial score (nSPS) is 12.6. The molecule has 1 aromatic rings. The van der Waals surface area contributed by atoms with E-state index in [-0.39, 0.29) is 6.10 Å². The van der Waals surface area contributed by atoms with Crippen molar-refractivity contribution in [2.45, 2.75) is 39.7 Å². The lowest BCUT2D eigenvalue weighted by molar-refractivity contribution is 0.143. The second-order valence-electron chi connectivity index (χ2n) is 5.65. The Labute approximate surface area is 152 Å². The molecule has 0 saturated carbocycles. The van der Waals surface area contributed by atoms with Gasteiger partial charge in [0.25, 0.3) is 0 Å². The van der Waals surface area contributed by atoms with E-state index in [9.17, 15) is 0 Å². The molecule has 0 bridgehead atoms. The number of guanidine groups is 1. The first-order valence-electron chi connectivity index (χ1n) is 9.10. The Morgan fingerprint density at radius 1 is 1.08 bits per heavy atom. The molecule has 0 heterocycles. The fourth-order valence-electron chi connectivity index (χ4n) is 2.17. The van der Waals surface area contributed by atoms with Gasteiger partial charge in [-0.2, -0.15) is 0 Å². The smallest absolute Gasteiger partial charge is 0.191 e. The Morgan fingerprint density at radius 3 is 2.44 bits per heavy atom. The van der Waals surface area contributed by atoms with Crippen LogP contribution in [0.5, 0.6) is 11.5 Å². The highest BCUT2D eigenvalue weighted by molar-refractivity contribution is 5.79. The molecule has 0 aliphatic carbocycles. The Kier molecular flexibility index (Phi) is 11.3. The average molecular weight is 351 g/mol. The number of nitrogens with one attached hydrogen (secondary N) is 2. The maximum Gasteiger partial charge on any atom is 0.191 e. The molecule has 1 aromatic carbocycles. The summed E-state index contributed by atoms with van der Waals surface area (Å²) in [5.74, 6) is 2.46. The first-order chi connectivity index (χ1) is 12.2. The molecule has 1 rings (SSSR count). The van der Waals surface area contributed by atoms with E-state index in [0.29, 0.717) is 6.54 Å². The Hall–Kier alpha value is -1.95. The lowest BCUT2D eigenvalue weighted by atomic mass is 10.3. The van der Waals surface area contributed by atoms with Gasteiger partial charge < -0.3 is 24.8 Å². The molecule has 1 unspecified atom stereocenters. The summed E-state index contributed by atoms with van der Waals surface area (Å²) in [6, 6.07) is 7.58. The lowest BCUT2D eigenvalue weighted by Gasteiger charge is -2.15. The van der Waals surface area contributed by atoms with Gasteiger partial charge in [-0.25, -0.2) is 4.99 Å². The first-order valence-corrected chi connectivity index (χ1v) is 9.10. The van der Waals surface area contributed by atoms with Gasteiger partial charge in [0.15, 0.2) is 5.96 Å². The van der Waals surface area contributed by atoms with E-state index in [4.69, 9.17) is 14.2 Å². The zero-order valence-corrected chi connectivity index (χ0v) is 16.0. The van der Waals surface area contributed by atoms with E-state index >= 15 is 0 Å². The predicted molar refractivity (Wildman–Crippen MR) is 103 cm³/mol. The minimum Gasteiger partial charge on any atom is -0.497 e. The molecule has 142 valence electrons. The van der Waals surface area contributed by atoms with Crippen LogP contribution in [0.25, 0.3) is 0 Å². The number of unbranched alkanes of at least 4 members (excludes halogenated alkanes) is 1. The van der Waals surface area contributed by atoms with E-state index in [1.165, 1.54) is 0 Å². The zero-order valence-electron chi connectivity index (χ0n) is 16.0. The van der Waals surface area contributed by atoms with Crippen molar-refractivity contribution in [1.82, 2.24) is 10.6 Å². The Balaban J connectivity index is 2.35. The van der Waals surface area contributed by atoms with Crippen LogP contribution < -0.4 is 20.1 Å². The maximum atomic E-state index is 5.88. The number of hydrogen-bond donors (Lipinski definition) is 2. The maximum absolute atomic E-state index is 5.88. The summed E-state index contributed by atoms with van der Waals surface area (Å²) < 4.78 is 16.4. The van der Waals surface area contributed by atoms with Crippen LogP contribution in [0, 0.1) is 0 Å². The third kappa shape index (κ3) is 9.82. The lowest BCUT2D eigenvalue weighted by Crippen LogP contribution is -2.38. The van der Waals surface area contributed by atoms with Crippen molar-refractivity contribution in [2.24, 2.45) is 4.99 Å². The minimum absolute atomic E-state index is 0.0122. The average Bonchev–Trinajstić information content (AvgIpc) is 2.63. The quantitative estimate of drug-likeness (QED) is 0.344. The summed E-state index contributed by atoms with van der Waals surface area (Å²) >= 11 is 0. The molecule has 0 fully saturated rings. The van der Waals surface area contributed by atoms with Crippen LogP contribution in [-0.2, 0) is 4.74 Å². The van der Waals surface area contributed by atoms with Gasteiger partial charge >= 0.3 is 0 Å². The highest BCUT2D eigenvalue weighted by Gasteiger charge is 2.05. The SMILES string of the molecule is CCNC(=NCC(C)Oc1ccc(OC)cc1)NCCCCOCC. The number of methoxy groups -OCH3 is 1. The molecular weight excluding hydrogens is 318 g/mol. The predicted octanol–water partition coefficient (Wildman–Crippen LogP) is 2.83. The van der Waals surface area contributed by atoms with Crippen LogP contribution >= 0.6 is 0 Å². The molecule has 0 aliphatic heterocycles. The molecule has 6 heteroatoms. The van der Waals surface area contributed by atoms with Crippen molar-refractivity contribution in [1.29, 1.82) is 0 Å². The second kappa shape index (κ2) is 13.4. The molecule has 0 spiro atoms. The third-order valence-electron chi connectivity index (χ3n) is 3.46. The van der Waals surface area contributed by atoms with Gasteiger partial charge in [-0.15, -0.1) is 0 Å². The number of ether oxygens (including phenoxy) is 3. The third-order valence-corrected chi connectivity index (χ3v) is 3.46. The van der Waals surface area contributed by atoms with Crippen LogP contribution in [0.4, 0.5) is 0 Å². The molecular formula is C19H33N3O3. The van der Waals surface area contributed by atoms with Gasteiger partial charge in [0.2, 0.25) is 0 Å². The van der Waals surface area contributed by atoms with Crippen molar-refractivity contribution in [3.63, 3.8) is 0 Å². The fraction of sp³-hybridized carbons (Fsp3) is 0.632. The summed E-state index contributed by atoms with van der Waals surface area (Å²) in [4.78, 5) is 4.59. The molecule has 0 saturated heterocycles. The van der Waals surface area contributed by atoms with Gasteiger partial charge in [-0.3, -0.25) is 0 Å². The highest BCUT2D eigenvalue weighted by Crippen LogP contribution is 2.18. The topological polar surface area (TPSA) is 64.1 Å². The van der Waals surface area contributed by atoms with Crippen LogP contribution in [0.15, 0.2) is 29.3 Å². The monoisotopic (exact) mass is 351 g/mol. The largest absolute Gasteiger partial charge is 0.497 e. The first kappa shape index (κ1) is 21.1. The van der Waals surface area contributed by atoms with E-state index in [1.807, 2.05) is 38.1 Å². The summed E-state index contributed by atoms with van der Waals surface area (Å²) in [5.41, 5.74) is 0. The van der Waals surface area contributed by atoms with Crippen molar-refractivity contribution < 1.29 is 14.2 Å².